The zero-order chi connectivity index (χ0) is 61.6. The van der Waals surface area contributed by atoms with Crippen molar-refractivity contribution in [2.75, 3.05) is 27.2 Å². The van der Waals surface area contributed by atoms with Crippen LogP contribution in [0.5, 0.6) is 0 Å². The highest BCUT2D eigenvalue weighted by Crippen LogP contribution is 2.29. The summed E-state index contributed by atoms with van der Waals surface area (Å²) in [6.45, 7) is 1.87. The molecule has 12 rings (SSSR count). The Hall–Kier alpha value is -9.48. The van der Waals surface area contributed by atoms with E-state index in [1.54, 1.807) is 142 Å². The van der Waals surface area contributed by atoms with E-state index in [2.05, 4.69) is 65.0 Å². The van der Waals surface area contributed by atoms with Crippen molar-refractivity contribution in [2.45, 2.75) is 38.8 Å². The van der Waals surface area contributed by atoms with Gasteiger partial charge in [-0.25, -0.2) is 13.8 Å². The normalized spacial score (nSPS) is 12.3. The molecule has 0 saturated carbocycles. The zero-order valence-electron chi connectivity index (χ0n) is 46.4. The van der Waals surface area contributed by atoms with Crippen LogP contribution in [0.25, 0.3) is 22.7 Å². The molecule has 6 aromatic carbocycles. The molecule has 87 heavy (non-hydrogen) atoms. The maximum atomic E-state index is 14.2. The molecule has 2 aliphatic heterocycles. The summed E-state index contributed by atoms with van der Waals surface area (Å²) in [5.74, 6) is -1.56. The molecule has 0 atom stereocenters. The lowest BCUT2D eigenvalue weighted by atomic mass is 10.0. The number of aromatic carboxylic acids is 1. The number of rotatable bonds is 10. The lowest BCUT2D eigenvalue weighted by molar-refractivity contribution is 0.0694. The molecule has 4 N–H and O–H groups in total. The molecule has 0 aliphatic carbocycles. The predicted octanol–water partition coefficient (Wildman–Crippen LogP) is 9.68. The first kappa shape index (κ1) is 60.6. The van der Waals surface area contributed by atoms with Crippen molar-refractivity contribution in [1.82, 2.24) is 49.2 Å². The Labute approximate surface area is 523 Å². The first-order valence-corrected chi connectivity index (χ1v) is 29.4. The number of carbonyl (C=O) groups excluding carboxylic acids is 3. The zero-order valence-corrected chi connectivity index (χ0v) is 51.1. The van der Waals surface area contributed by atoms with Crippen LogP contribution >= 0.6 is 55.1 Å². The number of hydrogen-bond donors (Lipinski definition) is 4. The average Bonchev–Trinajstić information content (AvgIpc) is 1.75. The van der Waals surface area contributed by atoms with Crippen LogP contribution in [0.2, 0.25) is 10.0 Å². The molecule has 0 saturated heterocycles. The topological polar surface area (TPSA) is 254 Å². The minimum absolute atomic E-state index is 0.0618. The molecular weight excluding hydrogens is 1280 g/mol. The molecule has 0 spiro atoms. The van der Waals surface area contributed by atoms with Crippen molar-refractivity contribution < 1.29 is 24.3 Å². The summed E-state index contributed by atoms with van der Waals surface area (Å²) in [6.07, 6.45) is 5.54. The molecule has 0 fully saturated rings. The molecule has 19 nitrogen and oxygen atoms in total. The van der Waals surface area contributed by atoms with Crippen LogP contribution in [0.15, 0.2) is 164 Å². The van der Waals surface area contributed by atoms with E-state index in [0.717, 1.165) is 40.1 Å². The number of nitriles is 2. The highest BCUT2D eigenvalue weighted by atomic mass is 79.9. The summed E-state index contributed by atoms with van der Waals surface area (Å²) < 4.78 is 8.33. The van der Waals surface area contributed by atoms with Gasteiger partial charge in [0.2, 0.25) is 0 Å². The largest absolute Gasteiger partial charge is 0.478 e. The number of carboxylic acid groups (broad SMARTS) is 1. The molecule has 2 aliphatic rings. The summed E-state index contributed by atoms with van der Waals surface area (Å²) in [5, 5.41) is 45.6. The fourth-order valence-electron chi connectivity index (χ4n) is 10.4. The van der Waals surface area contributed by atoms with Gasteiger partial charge in [0.15, 0.2) is 0 Å². The Kier molecular flexibility index (Phi) is 18.4. The lowest BCUT2D eigenvalue weighted by Gasteiger charge is -2.30. The number of aromatic nitrogens is 6. The third-order valence-corrected chi connectivity index (χ3v) is 17.3. The van der Waals surface area contributed by atoms with Gasteiger partial charge in [0.1, 0.15) is 11.3 Å². The molecule has 0 radical (unpaired) electrons. The Morgan fingerprint density at radius 2 is 1.05 bits per heavy atom. The van der Waals surface area contributed by atoms with E-state index in [1.807, 2.05) is 28.8 Å². The van der Waals surface area contributed by atoms with E-state index >= 15 is 0 Å². The van der Waals surface area contributed by atoms with Crippen molar-refractivity contribution >= 4 is 90.0 Å². The third kappa shape index (κ3) is 12.8. The van der Waals surface area contributed by atoms with E-state index in [1.165, 1.54) is 12.1 Å². The highest BCUT2D eigenvalue weighted by molar-refractivity contribution is 9.10. The number of amides is 3. The van der Waals surface area contributed by atoms with Crippen LogP contribution in [0.4, 0.5) is 0 Å². The van der Waals surface area contributed by atoms with E-state index in [4.69, 9.17) is 38.7 Å². The van der Waals surface area contributed by atoms with E-state index < -0.39 is 5.97 Å². The second-order valence-electron chi connectivity index (χ2n) is 20.1. The number of nitrogens with one attached hydrogen (secondary N) is 3. The van der Waals surface area contributed by atoms with Gasteiger partial charge >= 0.3 is 5.97 Å². The molecule has 4 aromatic heterocycles. The minimum Gasteiger partial charge on any atom is -0.478 e. The van der Waals surface area contributed by atoms with Crippen LogP contribution in [0.3, 0.4) is 0 Å². The van der Waals surface area contributed by atoms with Crippen molar-refractivity contribution in [3.05, 3.63) is 264 Å². The van der Waals surface area contributed by atoms with Crippen LogP contribution in [-0.2, 0) is 38.8 Å². The summed E-state index contributed by atoms with van der Waals surface area (Å²) in [6, 6.07) is 42.4. The molecule has 0 bridgehead atoms. The second-order valence-corrected chi connectivity index (χ2v) is 22.7. The fourth-order valence-corrected chi connectivity index (χ4v) is 11.2. The van der Waals surface area contributed by atoms with Gasteiger partial charge in [0.05, 0.1) is 80.6 Å². The van der Waals surface area contributed by atoms with Crippen molar-refractivity contribution in [3.8, 4) is 23.5 Å². The molecule has 23 heteroatoms. The second kappa shape index (κ2) is 26.4. The van der Waals surface area contributed by atoms with E-state index in [9.17, 15) is 34.0 Å². The SMILES string of the molecule is CNC(=O)c1ccc(-n2c(=O)c3c(n4ncc(Cc5ccc(C#N)cc5)c24)CN(C(=O)c2ccc(Br)c(Cl)c2)CC3)cc1.CNC(=O)c1ccc(-n2c(=O)c3c(n4ncc(Cc5ccc(C#N)cc5)c24)CNCC3)cc1.O=C(O)c1ccc(Br)c(Cl)c1. The van der Waals surface area contributed by atoms with E-state index in [0.29, 0.717) is 120 Å². The first-order chi connectivity index (χ1) is 42.0. The van der Waals surface area contributed by atoms with Crippen LogP contribution in [0.1, 0.15) is 97.3 Å². The predicted molar refractivity (Wildman–Crippen MR) is 335 cm³/mol. The molecule has 6 heterocycles. The number of nitrogens with zero attached hydrogens (tertiary/aromatic N) is 9. The van der Waals surface area contributed by atoms with Gasteiger partial charge in [-0.1, -0.05) is 47.5 Å². The first-order valence-electron chi connectivity index (χ1n) is 27.0. The van der Waals surface area contributed by atoms with Gasteiger partial charge in [-0.15, -0.1) is 0 Å². The van der Waals surface area contributed by atoms with Crippen LogP contribution in [-0.4, -0.2) is 89.2 Å². The number of fused-ring (bicyclic) bond motifs is 6. The van der Waals surface area contributed by atoms with Crippen LogP contribution < -0.4 is 27.1 Å². The monoisotopic (exact) mass is 1330 g/mol. The molecule has 436 valence electrons. The number of carbonyl (C=O) groups is 4. The van der Waals surface area contributed by atoms with E-state index in [-0.39, 0.29) is 40.9 Å². The highest BCUT2D eigenvalue weighted by Gasteiger charge is 2.30. The van der Waals surface area contributed by atoms with Crippen molar-refractivity contribution in [1.29, 1.82) is 10.5 Å². The molecule has 0 unspecified atom stereocenters. The van der Waals surface area contributed by atoms with Gasteiger partial charge in [-0.3, -0.25) is 33.1 Å². The maximum absolute atomic E-state index is 14.2. The summed E-state index contributed by atoms with van der Waals surface area (Å²) in [7, 11) is 3.15. The summed E-state index contributed by atoms with van der Waals surface area (Å²) >= 11 is 18.4. The van der Waals surface area contributed by atoms with Crippen molar-refractivity contribution in [3.63, 3.8) is 0 Å². The smallest absolute Gasteiger partial charge is 0.335 e. The summed E-state index contributed by atoms with van der Waals surface area (Å²) in [5.41, 5.74) is 11.6. The Morgan fingerprint density at radius 3 is 1.49 bits per heavy atom. The van der Waals surface area contributed by atoms with Gasteiger partial charge in [-0.05, 0) is 172 Å². The van der Waals surface area contributed by atoms with Gasteiger partial charge in [-0.2, -0.15) is 20.7 Å². The number of halogens is 4. The van der Waals surface area contributed by atoms with Crippen molar-refractivity contribution in [2.24, 2.45) is 0 Å². The summed E-state index contributed by atoms with van der Waals surface area (Å²) in [4.78, 5) is 77.6. The standard InChI is InChI=1S/C32H24BrClN6O3.C25H22N6O2.C7H4BrClO2/c1-36-29(41)21-6-9-24(10-7-21)39-30-23(14-19-2-4-20(16-35)5-3-19)17-37-40(30)28-18-38(13-12-25(28)32(39)43)31(42)22-8-11-26(33)27(34)15-22;1-27-23(32)18-6-8-20(9-7-18)30-24-19(12-16-2-4-17(13-26)5-3-16)14-29-31(24)22-15-28-11-10-21(22)25(30)33;8-5-2-1-4(7(10)11)3-6(5)9/h2-11,15,17H,12-14,18H2,1H3,(H,36,41);2-9,14,28H,10-12,15H2,1H3,(H,27,32);1-3H,(H,10,11). The van der Waals surface area contributed by atoms with Gasteiger partial charge in [0.25, 0.3) is 28.8 Å². The molecular formula is C64H50Br2Cl2N12O7. The van der Waals surface area contributed by atoms with Crippen LogP contribution in [0, 0.1) is 22.7 Å². The number of benzene rings is 6. The molecule has 3 amide bonds. The minimum atomic E-state index is -0.973. The quantitative estimate of drug-likeness (QED) is 0.0998. The Balaban J connectivity index is 0.000000168. The number of carboxylic acids is 1. The lowest BCUT2D eigenvalue weighted by Crippen LogP contribution is -2.41. The Bertz CT molecular complexity index is 4570. The maximum Gasteiger partial charge on any atom is 0.335 e. The Morgan fingerprint density at radius 1 is 0.609 bits per heavy atom. The van der Waals surface area contributed by atoms with Gasteiger partial charge in [0, 0.05) is 87.9 Å². The average molecular weight is 1330 g/mol. The third-order valence-electron chi connectivity index (χ3n) is 14.8. The number of hydrogen-bond acceptors (Lipinski definition) is 11. The fraction of sp³-hybridized carbons (Fsp3) is 0.156. The van der Waals surface area contributed by atoms with Gasteiger partial charge < -0.3 is 26.0 Å². The molecule has 10 aromatic rings.